The Morgan fingerprint density at radius 1 is 1.30 bits per heavy atom. The molecular formula is C15H26N4O. The number of carbonyl (C=O) groups is 1. The Morgan fingerprint density at radius 2 is 2.00 bits per heavy atom. The molecule has 0 fully saturated rings. The van der Waals surface area contributed by atoms with Gasteiger partial charge in [-0.05, 0) is 39.1 Å². The molecule has 112 valence electrons. The van der Waals surface area contributed by atoms with E-state index >= 15 is 0 Å². The number of pyridine rings is 1. The summed E-state index contributed by atoms with van der Waals surface area (Å²) in [5.41, 5.74) is 0.595. The molecule has 1 atom stereocenters. The lowest BCUT2D eigenvalue weighted by atomic mass is 10.2. The number of likely N-dealkylation sites (N-methyl/N-ethyl adjacent to an activating group) is 1. The smallest absolute Gasteiger partial charge is 0.253 e. The molecule has 1 rings (SSSR count). The topological polar surface area (TPSA) is 57.3 Å². The van der Waals surface area contributed by atoms with E-state index in [0.29, 0.717) is 5.56 Å². The Kier molecular flexibility index (Phi) is 7.01. The van der Waals surface area contributed by atoms with Crippen molar-refractivity contribution in [3.8, 4) is 0 Å². The minimum atomic E-state index is -0.0693. The van der Waals surface area contributed by atoms with E-state index in [4.69, 9.17) is 0 Å². The zero-order chi connectivity index (χ0) is 15.0. The molecule has 0 aromatic carbocycles. The number of nitrogens with one attached hydrogen (secondary N) is 2. The summed E-state index contributed by atoms with van der Waals surface area (Å²) < 4.78 is 0. The van der Waals surface area contributed by atoms with Crippen molar-refractivity contribution in [1.82, 2.24) is 15.2 Å². The van der Waals surface area contributed by atoms with Gasteiger partial charge in [-0.25, -0.2) is 4.98 Å². The van der Waals surface area contributed by atoms with Gasteiger partial charge >= 0.3 is 0 Å². The predicted molar refractivity (Wildman–Crippen MR) is 83.1 cm³/mol. The maximum absolute atomic E-state index is 12.1. The third-order valence-corrected chi connectivity index (χ3v) is 3.19. The van der Waals surface area contributed by atoms with Gasteiger partial charge in [0.05, 0.1) is 5.56 Å². The highest BCUT2D eigenvalue weighted by molar-refractivity contribution is 5.94. The van der Waals surface area contributed by atoms with Gasteiger partial charge in [-0.3, -0.25) is 4.79 Å². The number of anilines is 1. The average Bonchev–Trinajstić information content (AvgIpc) is 2.45. The number of amides is 1. The molecule has 2 N–H and O–H groups in total. The van der Waals surface area contributed by atoms with Gasteiger partial charge in [0, 0.05) is 25.3 Å². The molecule has 0 radical (unpaired) electrons. The summed E-state index contributed by atoms with van der Waals surface area (Å²) in [5, 5.41) is 6.11. The fourth-order valence-corrected chi connectivity index (χ4v) is 2.04. The Hall–Kier alpha value is -1.62. The number of aromatic nitrogens is 1. The van der Waals surface area contributed by atoms with E-state index in [9.17, 15) is 4.79 Å². The highest BCUT2D eigenvalue weighted by Gasteiger charge is 2.12. The van der Waals surface area contributed by atoms with Crippen molar-refractivity contribution in [3.63, 3.8) is 0 Å². The van der Waals surface area contributed by atoms with E-state index in [2.05, 4.69) is 34.4 Å². The van der Waals surface area contributed by atoms with Crippen LogP contribution in [-0.2, 0) is 0 Å². The van der Waals surface area contributed by atoms with Gasteiger partial charge in [-0.2, -0.15) is 0 Å². The summed E-state index contributed by atoms with van der Waals surface area (Å²) in [7, 11) is 0. The molecular weight excluding hydrogens is 252 g/mol. The first-order valence-corrected chi connectivity index (χ1v) is 7.33. The normalized spacial score (nSPS) is 12.2. The minimum absolute atomic E-state index is 0.0693. The fraction of sp³-hybridized carbons (Fsp3) is 0.600. The summed E-state index contributed by atoms with van der Waals surface area (Å²) in [5.74, 6) is 0.723. The molecule has 1 heterocycles. The Labute approximate surface area is 121 Å². The molecule has 20 heavy (non-hydrogen) atoms. The first-order chi connectivity index (χ1) is 9.60. The third kappa shape index (κ3) is 5.17. The van der Waals surface area contributed by atoms with Crippen LogP contribution in [0.2, 0.25) is 0 Å². The Bertz CT molecular complexity index is 401. The van der Waals surface area contributed by atoms with Crippen molar-refractivity contribution in [2.24, 2.45) is 0 Å². The highest BCUT2D eigenvalue weighted by Crippen LogP contribution is 2.05. The quantitative estimate of drug-likeness (QED) is 0.763. The lowest BCUT2D eigenvalue weighted by molar-refractivity contribution is 0.0930. The second-order valence-corrected chi connectivity index (χ2v) is 4.82. The standard InChI is InChI=1S/C15H26N4O/c1-5-16-14-9-8-13(10-17-14)15(20)18-12(4)11-19(6-2)7-3/h8-10,12H,5-7,11H2,1-4H3,(H,16,17)(H,18,20). The van der Waals surface area contributed by atoms with Crippen LogP contribution in [0.1, 0.15) is 38.1 Å². The summed E-state index contributed by atoms with van der Waals surface area (Å²) in [6.45, 7) is 12.0. The van der Waals surface area contributed by atoms with Crippen LogP contribution in [0.3, 0.4) is 0 Å². The maximum atomic E-state index is 12.1. The molecule has 0 saturated heterocycles. The van der Waals surface area contributed by atoms with Gasteiger partial charge in [0.25, 0.3) is 5.91 Å². The SMILES string of the molecule is CCNc1ccc(C(=O)NC(C)CN(CC)CC)cn1. The van der Waals surface area contributed by atoms with Gasteiger partial charge in [-0.15, -0.1) is 0 Å². The summed E-state index contributed by atoms with van der Waals surface area (Å²) in [6.07, 6.45) is 1.61. The lowest BCUT2D eigenvalue weighted by Crippen LogP contribution is -2.41. The molecule has 0 aliphatic heterocycles. The van der Waals surface area contributed by atoms with Crippen molar-refractivity contribution < 1.29 is 4.79 Å². The van der Waals surface area contributed by atoms with Gasteiger partial charge in [0.15, 0.2) is 0 Å². The number of hydrogen-bond donors (Lipinski definition) is 2. The zero-order valence-electron chi connectivity index (χ0n) is 12.9. The van der Waals surface area contributed by atoms with Crippen LogP contribution in [0.25, 0.3) is 0 Å². The van der Waals surface area contributed by atoms with Crippen molar-refractivity contribution in [2.75, 3.05) is 31.5 Å². The first-order valence-electron chi connectivity index (χ1n) is 7.33. The molecule has 1 amide bonds. The molecule has 1 aromatic rings. The third-order valence-electron chi connectivity index (χ3n) is 3.19. The first kappa shape index (κ1) is 16.4. The van der Waals surface area contributed by atoms with Crippen LogP contribution in [0.4, 0.5) is 5.82 Å². The predicted octanol–water partition coefficient (Wildman–Crippen LogP) is 1.97. The molecule has 0 aliphatic carbocycles. The molecule has 0 aliphatic rings. The van der Waals surface area contributed by atoms with E-state index in [1.165, 1.54) is 0 Å². The van der Waals surface area contributed by atoms with Gasteiger partial charge < -0.3 is 15.5 Å². The van der Waals surface area contributed by atoms with Gasteiger partial charge in [-0.1, -0.05) is 13.8 Å². The van der Waals surface area contributed by atoms with E-state index in [1.54, 1.807) is 12.3 Å². The van der Waals surface area contributed by atoms with Crippen molar-refractivity contribution >= 4 is 11.7 Å². The fourth-order valence-electron chi connectivity index (χ4n) is 2.04. The largest absolute Gasteiger partial charge is 0.370 e. The molecule has 0 bridgehead atoms. The molecule has 5 nitrogen and oxygen atoms in total. The Balaban J connectivity index is 2.53. The lowest BCUT2D eigenvalue weighted by Gasteiger charge is -2.23. The number of rotatable bonds is 8. The van der Waals surface area contributed by atoms with Crippen molar-refractivity contribution in [1.29, 1.82) is 0 Å². The second kappa shape index (κ2) is 8.53. The van der Waals surface area contributed by atoms with Crippen molar-refractivity contribution in [2.45, 2.75) is 33.7 Å². The van der Waals surface area contributed by atoms with Crippen LogP contribution in [0.5, 0.6) is 0 Å². The van der Waals surface area contributed by atoms with E-state index in [0.717, 1.165) is 32.0 Å². The minimum Gasteiger partial charge on any atom is -0.370 e. The Morgan fingerprint density at radius 3 is 2.50 bits per heavy atom. The number of hydrogen-bond acceptors (Lipinski definition) is 4. The van der Waals surface area contributed by atoms with Crippen LogP contribution in [0.15, 0.2) is 18.3 Å². The second-order valence-electron chi connectivity index (χ2n) is 4.82. The van der Waals surface area contributed by atoms with E-state index in [-0.39, 0.29) is 11.9 Å². The van der Waals surface area contributed by atoms with E-state index < -0.39 is 0 Å². The van der Waals surface area contributed by atoms with Gasteiger partial charge in [0.2, 0.25) is 0 Å². The molecule has 5 heteroatoms. The highest BCUT2D eigenvalue weighted by atomic mass is 16.1. The van der Waals surface area contributed by atoms with Crippen LogP contribution in [-0.4, -0.2) is 48.0 Å². The zero-order valence-corrected chi connectivity index (χ0v) is 12.9. The molecule has 1 unspecified atom stereocenters. The summed E-state index contributed by atoms with van der Waals surface area (Å²) in [4.78, 5) is 18.6. The number of nitrogens with zero attached hydrogens (tertiary/aromatic N) is 2. The van der Waals surface area contributed by atoms with Crippen LogP contribution >= 0.6 is 0 Å². The molecule has 0 spiro atoms. The van der Waals surface area contributed by atoms with Crippen LogP contribution < -0.4 is 10.6 Å². The maximum Gasteiger partial charge on any atom is 0.253 e. The summed E-state index contributed by atoms with van der Waals surface area (Å²) >= 11 is 0. The summed E-state index contributed by atoms with van der Waals surface area (Å²) in [6, 6.07) is 3.74. The van der Waals surface area contributed by atoms with Crippen LogP contribution in [0, 0.1) is 0 Å². The number of carbonyl (C=O) groups excluding carboxylic acids is 1. The van der Waals surface area contributed by atoms with Gasteiger partial charge in [0.1, 0.15) is 5.82 Å². The molecule has 0 saturated carbocycles. The average molecular weight is 278 g/mol. The van der Waals surface area contributed by atoms with Crippen molar-refractivity contribution in [3.05, 3.63) is 23.9 Å². The molecule has 1 aromatic heterocycles. The van der Waals surface area contributed by atoms with E-state index in [1.807, 2.05) is 19.9 Å². The monoisotopic (exact) mass is 278 g/mol.